The summed E-state index contributed by atoms with van der Waals surface area (Å²) < 4.78 is 6.96. The zero-order valence-electron chi connectivity index (χ0n) is 14.4. The van der Waals surface area contributed by atoms with Crippen LogP contribution >= 0.6 is 23.2 Å². The summed E-state index contributed by atoms with van der Waals surface area (Å²) in [7, 11) is 0. The van der Waals surface area contributed by atoms with Crippen molar-refractivity contribution in [1.82, 2.24) is 15.2 Å². The van der Waals surface area contributed by atoms with Gasteiger partial charge in [-0.25, -0.2) is 10.1 Å². The van der Waals surface area contributed by atoms with Crippen LogP contribution < -0.4 is 10.2 Å². The molecule has 1 aromatic heterocycles. The van der Waals surface area contributed by atoms with E-state index < -0.39 is 5.91 Å². The minimum atomic E-state index is -0.398. The molecule has 2 aromatic carbocycles. The van der Waals surface area contributed by atoms with E-state index >= 15 is 0 Å². The molecule has 0 unspecified atom stereocenters. The molecule has 0 aliphatic carbocycles. The minimum absolute atomic E-state index is 0.172. The molecule has 1 N–H and O–H groups in total. The highest BCUT2D eigenvalue weighted by Crippen LogP contribution is 2.21. The number of nitrogens with zero attached hydrogens (tertiary/aromatic N) is 3. The molecule has 0 saturated heterocycles. The molecule has 0 aliphatic rings. The van der Waals surface area contributed by atoms with Crippen molar-refractivity contribution in [1.29, 1.82) is 0 Å². The number of nitrogens with one attached hydrogen (secondary N) is 1. The Balaban J connectivity index is 1.60. The molecule has 3 aromatic rings. The number of aryl methyl sites for hydroxylation is 1. The Bertz CT molecular complexity index is 954. The van der Waals surface area contributed by atoms with Crippen LogP contribution in [-0.2, 0) is 4.79 Å². The van der Waals surface area contributed by atoms with Gasteiger partial charge in [0.25, 0.3) is 5.91 Å². The number of hydrogen-bond donors (Lipinski definition) is 1. The van der Waals surface area contributed by atoms with Gasteiger partial charge in [-0.05, 0) is 43.3 Å². The molecule has 138 valence electrons. The summed E-state index contributed by atoms with van der Waals surface area (Å²) in [6.45, 7) is 1.65. The highest BCUT2D eigenvalue weighted by Gasteiger charge is 2.13. The van der Waals surface area contributed by atoms with Gasteiger partial charge < -0.3 is 4.74 Å². The number of halogens is 2. The van der Waals surface area contributed by atoms with Gasteiger partial charge in [-0.2, -0.15) is 10.2 Å². The van der Waals surface area contributed by atoms with E-state index in [0.29, 0.717) is 27.2 Å². The van der Waals surface area contributed by atoms with Crippen molar-refractivity contribution in [2.45, 2.75) is 6.92 Å². The smallest absolute Gasteiger partial charge is 0.277 e. The van der Waals surface area contributed by atoms with Gasteiger partial charge in [-0.15, -0.1) is 0 Å². The van der Waals surface area contributed by atoms with Gasteiger partial charge in [0, 0.05) is 5.02 Å². The van der Waals surface area contributed by atoms with Crippen LogP contribution in [0.2, 0.25) is 10.2 Å². The second-order valence-electron chi connectivity index (χ2n) is 5.57. The number of hydrogen-bond acceptors (Lipinski definition) is 4. The summed E-state index contributed by atoms with van der Waals surface area (Å²) in [6, 6.07) is 16.2. The van der Waals surface area contributed by atoms with E-state index in [4.69, 9.17) is 27.9 Å². The number of rotatable bonds is 6. The molecule has 0 bridgehead atoms. The third-order valence-electron chi connectivity index (χ3n) is 3.62. The molecule has 3 rings (SSSR count). The van der Waals surface area contributed by atoms with Crippen molar-refractivity contribution < 1.29 is 9.53 Å². The van der Waals surface area contributed by atoms with E-state index in [1.807, 2.05) is 37.3 Å². The molecule has 8 heteroatoms. The highest BCUT2D eigenvalue weighted by molar-refractivity contribution is 6.32. The predicted octanol–water partition coefficient (Wildman–Crippen LogP) is 4.02. The van der Waals surface area contributed by atoms with Crippen LogP contribution in [-0.4, -0.2) is 28.5 Å². The van der Waals surface area contributed by atoms with Crippen LogP contribution in [0.4, 0.5) is 0 Å². The van der Waals surface area contributed by atoms with Crippen LogP contribution in [0.1, 0.15) is 11.3 Å². The molecule has 0 saturated carbocycles. The van der Waals surface area contributed by atoms with Crippen molar-refractivity contribution >= 4 is 35.3 Å². The Morgan fingerprint density at radius 1 is 1.19 bits per heavy atom. The summed E-state index contributed by atoms with van der Waals surface area (Å²) in [6.07, 6.45) is 1.46. The first kappa shape index (κ1) is 18.9. The predicted molar refractivity (Wildman–Crippen MR) is 106 cm³/mol. The summed E-state index contributed by atoms with van der Waals surface area (Å²) in [5, 5.41) is 9.35. The van der Waals surface area contributed by atoms with E-state index in [2.05, 4.69) is 15.6 Å². The average Bonchev–Trinajstić information content (AvgIpc) is 2.96. The van der Waals surface area contributed by atoms with Gasteiger partial charge in [0.2, 0.25) is 0 Å². The van der Waals surface area contributed by atoms with Crippen molar-refractivity contribution in [2.75, 3.05) is 6.61 Å². The van der Waals surface area contributed by atoms with Crippen molar-refractivity contribution in [3.8, 4) is 11.4 Å². The number of carbonyl (C=O) groups excluding carboxylic acids is 1. The number of carbonyl (C=O) groups is 1. The monoisotopic (exact) mass is 402 g/mol. The lowest BCUT2D eigenvalue weighted by Gasteiger charge is -2.04. The summed E-state index contributed by atoms with van der Waals surface area (Å²) in [5.41, 5.74) is 4.56. The van der Waals surface area contributed by atoms with Crippen molar-refractivity contribution in [2.24, 2.45) is 5.10 Å². The summed E-state index contributed by atoms with van der Waals surface area (Å²) in [4.78, 5) is 11.8. The minimum Gasteiger partial charge on any atom is -0.484 e. The maximum Gasteiger partial charge on any atom is 0.277 e. The fourth-order valence-corrected chi connectivity index (χ4v) is 2.73. The first-order chi connectivity index (χ1) is 13.0. The van der Waals surface area contributed by atoms with E-state index in [9.17, 15) is 4.79 Å². The molecule has 0 aliphatic heterocycles. The van der Waals surface area contributed by atoms with E-state index in [0.717, 1.165) is 5.69 Å². The Morgan fingerprint density at radius 3 is 2.59 bits per heavy atom. The maximum atomic E-state index is 11.8. The van der Waals surface area contributed by atoms with Gasteiger partial charge in [-0.3, -0.25) is 4.79 Å². The number of amides is 1. The molecule has 0 radical (unpaired) electrons. The summed E-state index contributed by atoms with van der Waals surface area (Å²) >= 11 is 12.2. The molecule has 1 amide bonds. The average molecular weight is 403 g/mol. The first-order valence-corrected chi connectivity index (χ1v) is 8.81. The van der Waals surface area contributed by atoms with Crippen LogP contribution in [0.3, 0.4) is 0 Å². The standard InChI is InChI=1S/C19H16Cl2N4O2/c1-13-17(19(21)25(24-13)15-5-3-2-4-6-15)11-22-23-18(26)12-27-16-9-7-14(20)8-10-16/h2-11H,12H2,1H3,(H,23,26)/b22-11+. The van der Waals surface area contributed by atoms with Gasteiger partial charge in [0.05, 0.1) is 23.2 Å². The quantitative estimate of drug-likeness (QED) is 0.500. The molecule has 27 heavy (non-hydrogen) atoms. The van der Waals surface area contributed by atoms with Crippen LogP contribution in [0.5, 0.6) is 5.75 Å². The molecular weight excluding hydrogens is 387 g/mol. The third-order valence-corrected chi connectivity index (χ3v) is 4.23. The lowest BCUT2D eigenvalue weighted by atomic mass is 10.3. The molecule has 0 fully saturated rings. The van der Waals surface area contributed by atoms with E-state index in [-0.39, 0.29) is 6.61 Å². The van der Waals surface area contributed by atoms with Crippen LogP contribution in [0.25, 0.3) is 5.69 Å². The van der Waals surface area contributed by atoms with E-state index in [1.54, 1.807) is 28.9 Å². The van der Waals surface area contributed by atoms with E-state index in [1.165, 1.54) is 6.21 Å². The normalized spacial score (nSPS) is 10.9. The van der Waals surface area contributed by atoms with Gasteiger partial charge in [-0.1, -0.05) is 41.4 Å². The zero-order valence-corrected chi connectivity index (χ0v) is 15.9. The molecular formula is C19H16Cl2N4O2. The van der Waals surface area contributed by atoms with Gasteiger partial charge >= 0.3 is 0 Å². The lowest BCUT2D eigenvalue weighted by Crippen LogP contribution is -2.24. The third kappa shape index (κ3) is 4.87. The number of para-hydroxylation sites is 1. The van der Waals surface area contributed by atoms with Gasteiger partial charge in [0.1, 0.15) is 10.9 Å². The number of ether oxygens (including phenoxy) is 1. The Kier molecular flexibility index (Phi) is 6.11. The second-order valence-corrected chi connectivity index (χ2v) is 6.37. The molecule has 1 heterocycles. The SMILES string of the molecule is Cc1nn(-c2ccccc2)c(Cl)c1/C=N/NC(=O)COc1ccc(Cl)cc1. The lowest BCUT2D eigenvalue weighted by molar-refractivity contribution is -0.123. The topological polar surface area (TPSA) is 68.5 Å². The van der Waals surface area contributed by atoms with Crippen LogP contribution in [0.15, 0.2) is 59.7 Å². The highest BCUT2D eigenvalue weighted by atomic mass is 35.5. The maximum absolute atomic E-state index is 11.8. The molecule has 0 atom stereocenters. The molecule has 0 spiro atoms. The van der Waals surface area contributed by atoms with Crippen LogP contribution in [0, 0.1) is 6.92 Å². The second kappa shape index (κ2) is 8.70. The van der Waals surface area contributed by atoms with Gasteiger partial charge in [0.15, 0.2) is 6.61 Å². The van der Waals surface area contributed by atoms with Crippen molar-refractivity contribution in [3.63, 3.8) is 0 Å². The Morgan fingerprint density at radius 2 is 1.89 bits per heavy atom. The Hall–Kier alpha value is -2.83. The number of aromatic nitrogens is 2. The Labute approximate surface area is 166 Å². The summed E-state index contributed by atoms with van der Waals surface area (Å²) in [5.74, 6) is 0.145. The fourth-order valence-electron chi connectivity index (χ4n) is 2.28. The molecule has 6 nitrogen and oxygen atoms in total. The fraction of sp³-hybridized carbons (Fsp3) is 0.105. The number of hydrazone groups is 1. The largest absolute Gasteiger partial charge is 0.484 e. The van der Waals surface area contributed by atoms with Crippen molar-refractivity contribution in [3.05, 3.63) is 76.0 Å². The zero-order chi connectivity index (χ0) is 19.2. The number of benzene rings is 2. The first-order valence-electron chi connectivity index (χ1n) is 8.05.